The van der Waals surface area contributed by atoms with Gasteiger partial charge in [0, 0.05) is 6.42 Å². The van der Waals surface area contributed by atoms with Crippen LogP contribution in [0.1, 0.15) is 32.3 Å². The van der Waals surface area contributed by atoms with E-state index in [4.69, 9.17) is 23.2 Å². The van der Waals surface area contributed by atoms with Gasteiger partial charge in [0.1, 0.15) is 0 Å². The van der Waals surface area contributed by atoms with Crippen LogP contribution in [0.3, 0.4) is 0 Å². The van der Waals surface area contributed by atoms with Crippen molar-refractivity contribution in [1.29, 1.82) is 0 Å². The van der Waals surface area contributed by atoms with Crippen molar-refractivity contribution in [2.24, 2.45) is 0 Å². The molecular formula is C14H21Cl2NO. The second-order valence-corrected chi connectivity index (χ2v) is 5.74. The van der Waals surface area contributed by atoms with Gasteiger partial charge in [-0.1, -0.05) is 36.2 Å². The minimum absolute atomic E-state index is 0.536. The maximum atomic E-state index is 10.3. The lowest BCUT2D eigenvalue weighted by molar-refractivity contribution is 0.0516. The molecule has 1 unspecified atom stereocenters. The first-order valence-electron chi connectivity index (χ1n) is 6.31. The van der Waals surface area contributed by atoms with E-state index in [2.05, 4.69) is 12.2 Å². The Kier molecular flexibility index (Phi) is 6.44. The van der Waals surface area contributed by atoms with Crippen molar-refractivity contribution in [2.75, 3.05) is 13.1 Å². The molecule has 18 heavy (non-hydrogen) atoms. The average Bonchev–Trinajstić information content (AvgIpc) is 2.29. The van der Waals surface area contributed by atoms with E-state index in [-0.39, 0.29) is 0 Å². The van der Waals surface area contributed by atoms with E-state index >= 15 is 0 Å². The van der Waals surface area contributed by atoms with Crippen LogP contribution in [0.2, 0.25) is 10.0 Å². The molecule has 0 heterocycles. The van der Waals surface area contributed by atoms with Crippen molar-refractivity contribution in [2.45, 2.75) is 38.7 Å². The highest BCUT2D eigenvalue weighted by atomic mass is 35.5. The number of nitrogens with one attached hydrogen (secondary N) is 1. The second-order valence-electron chi connectivity index (χ2n) is 4.92. The Labute approximate surface area is 119 Å². The lowest BCUT2D eigenvalue weighted by Gasteiger charge is -2.23. The molecule has 2 N–H and O–H groups in total. The fraction of sp³-hybridized carbons (Fsp3) is 0.571. The normalized spacial score (nSPS) is 14.5. The number of rotatable bonds is 7. The molecule has 0 saturated heterocycles. The minimum atomic E-state index is -0.724. The molecule has 0 radical (unpaired) electrons. The van der Waals surface area contributed by atoms with E-state index in [1.165, 1.54) is 0 Å². The van der Waals surface area contributed by atoms with Crippen LogP contribution in [0, 0.1) is 0 Å². The lowest BCUT2D eigenvalue weighted by Crippen LogP contribution is -2.32. The summed E-state index contributed by atoms with van der Waals surface area (Å²) in [5, 5.41) is 14.7. The highest BCUT2D eigenvalue weighted by Gasteiger charge is 2.20. The summed E-state index contributed by atoms with van der Waals surface area (Å²) in [4.78, 5) is 0. The van der Waals surface area contributed by atoms with E-state index in [0.717, 1.165) is 25.1 Å². The maximum Gasteiger partial charge on any atom is 0.0672 e. The zero-order chi connectivity index (χ0) is 13.6. The largest absolute Gasteiger partial charge is 0.390 e. The lowest BCUT2D eigenvalue weighted by atomic mass is 9.93. The number of halogens is 2. The zero-order valence-electron chi connectivity index (χ0n) is 11.0. The Morgan fingerprint density at radius 2 is 1.94 bits per heavy atom. The molecule has 0 aliphatic carbocycles. The van der Waals surface area contributed by atoms with Gasteiger partial charge >= 0.3 is 0 Å². The molecule has 0 spiro atoms. The van der Waals surface area contributed by atoms with Gasteiger partial charge in [-0.3, -0.25) is 0 Å². The third-order valence-corrected chi connectivity index (χ3v) is 3.58. The van der Waals surface area contributed by atoms with Gasteiger partial charge in [-0.15, -0.1) is 0 Å². The van der Waals surface area contributed by atoms with Crippen LogP contribution in [-0.4, -0.2) is 23.8 Å². The van der Waals surface area contributed by atoms with Gasteiger partial charge in [-0.05, 0) is 50.6 Å². The van der Waals surface area contributed by atoms with Crippen LogP contribution in [-0.2, 0) is 6.42 Å². The molecule has 4 heteroatoms. The molecule has 1 aromatic carbocycles. The predicted octanol–water partition coefficient (Wildman–Crippen LogP) is 3.68. The molecule has 1 atom stereocenters. The summed E-state index contributed by atoms with van der Waals surface area (Å²) in [5.74, 6) is 0. The monoisotopic (exact) mass is 289 g/mol. The summed E-state index contributed by atoms with van der Waals surface area (Å²) >= 11 is 11.8. The van der Waals surface area contributed by atoms with Gasteiger partial charge < -0.3 is 10.4 Å². The maximum absolute atomic E-state index is 10.3. The molecule has 0 bridgehead atoms. The van der Waals surface area contributed by atoms with E-state index in [1.807, 2.05) is 19.1 Å². The van der Waals surface area contributed by atoms with Crippen molar-refractivity contribution in [3.63, 3.8) is 0 Å². The minimum Gasteiger partial charge on any atom is -0.390 e. The van der Waals surface area contributed by atoms with Crippen LogP contribution in [0.5, 0.6) is 0 Å². The Bertz CT molecular complexity index is 380. The fourth-order valence-electron chi connectivity index (χ4n) is 1.84. The highest BCUT2D eigenvalue weighted by Crippen LogP contribution is 2.25. The van der Waals surface area contributed by atoms with Crippen LogP contribution in [0.4, 0.5) is 0 Å². The van der Waals surface area contributed by atoms with Gasteiger partial charge in [0.15, 0.2) is 0 Å². The van der Waals surface area contributed by atoms with Gasteiger partial charge in [-0.25, -0.2) is 0 Å². The first kappa shape index (κ1) is 15.8. The summed E-state index contributed by atoms with van der Waals surface area (Å²) in [6.45, 7) is 5.79. The third kappa shape index (κ3) is 5.57. The van der Waals surface area contributed by atoms with Crippen LogP contribution < -0.4 is 5.32 Å². The summed E-state index contributed by atoms with van der Waals surface area (Å²) in [6, 6.07) is 5.49. The van der Waals surface area contributed by atoms with Gasteiger partial charge in [0.2, 0.25) is 0 Å². The predicted molar refractivity (Wildman–Crippen MR) is 78.6 cm³/mol. The van der Waals surface area contributed by atoms with Gasteiger partial charge in [-0.2, -0.15) is 0 Å². The summed E-state index contributed by atoms with van der Waals surface area (Å²) in [6.07, 6.45) is 2.40. The van der Waals surface area contributed by atoms with Gasteiger partial charge in [0.25, 0.3) is 0 Å². The Hall–Kier alpha value is -0.280. The SMILES string of the molecule is CCCNCCC(C)(O)Cc1ccc(Cl)c(Cl)c1. The highest BCUT2D eigenvalue weighted by molar-refractivity contribution is 6.42. The first-order chi connectivity index (χ1) is 8.44. The van der Waals surface area contributed by atoms with Crippen molar-refractivity contribution in [3.8, 4) is 0 Å². The molecule has 0 aliphatic heterocycles. The smallest absolute Gasteiger partial charge is 0.0672 e. The van der Waals surface area contributed by atoms with Gasteiger partial charge in [0.05, 0.1) is 15.6 Å². The van der Waals surface area contributed by atoms with Crippen LogP contribution in [0.15, 0.2) is 18.2 Å². The third-order valence-electron chi connectivity index (χ3n) is 2.84. The standard InChI is InChI=1S/C14H21Cl2NO/c1-3-7-17-8-6-14(2,18)10-11-4-5-12(15)13(16)9-11/h4-5,9,17-18H,3,6-8,10H2,1-2H3. The second kappa shape index (κ2) is 7.34. The molecular weight excluding hydrogens is 269 g/mol. The topological polar surface area (TPSA) is 32.3 Å². The zero-order valence-corrected chi connectivity index (χ0v) is 12.5. The summed E-state index contributed by atoms with van der Waals surface area (Å²) in [5.41, 5.74) is 0.280. The Balaban J connectivity index is 2.50. The molecule has 0 amide bonds. The molecule has 1 aromatic rings. The number of hydrogen-bond acceptors (Lipinski definition) is 2. The summed E-state index contributed by atoms with van der Waals surface area (Å²) in [7, 11) is 0. The molecule has 0 aliphatic rings. The quantitative estimate of drug-likeness (QED) is 0.751. The molecule has 2 nitrogen and oxygen atoms in total. The Morgan fingerprint density at radius 3 is 2.56 bits per heavy atom. The fourth-order valence-corrected chi connectivity index (χ4v) is 2.16. The van der Waals surface area contributed by atoms with Crippen molar-refractivity contribution in [3.05, 3.63) is 33.8 Å². The number of aliphatic hydroxyl groups is 1. The molecule has 0 fully saturated rings. The first-order valence-corrected chi connectivity index (χ1v) is 7.07. The van der Waals surface area contributed by atoms with Crippen molar-refractivity contribution in [1.82, 2.24) is 5.32 Å². The van der Waals surface area contributed by atoms with E-state index in [0.29, 0.717) is 22.9 Å². The summed E-state index contributed by atoms with van der Waals surface area (Å²) < 4.78 is 0. The van der Waals surface area contributed by atoms with Crippen molar-refractivity contribution < 1.29 is 5.11 Å². The van der Waals surface area contributed by atoms with Crippen LogP contribution >= 0.6 is 23.2 Å². The van der Waals surface area contributed by atoms with E-state index in [1.54, 1.807) is 6.07 Å². The number of hydrogen-bond donors (Lipinski definition) is 2. The van der Waals surface area contributed by atoms with E-state index in [9.17, 15) is 5.11 Å². The Morgan fingerprint density at radius 1 is 1.22 bits per heavy atom. The molecule has 102 valence electrons. The molecule has 1 rings (SSSR count). The average molecular weight is 290 g/mol. The number of benzene rings is 1. The van der Waals surface area contributed by atoms with Crippen LogP contribution in [0.25, 0.3) is 0 Å². The van der Waals surface area contributed by atoms with Crippen molar-refractivity contribution >= 4 is 23.2 Å². The molecule has 0 aromatic heterocycles. The molecule has 0 saturated carbocycles. The van der Waals surface area contributed by atoms with E-state index < -0.39 is 5.60 Å².